The molecule has 2 fully saturated rings. The van der Waals surface area contributed by atoms with Crippen LogP contribution in [0.3, 0.4) is 0 Å². The van der Waals surface area contributed by atoms with Crippen LogP contribution in [-0.2, 0) is 27.4 Å². The zero-order chi connectivity index (χ0) is 26.6. The summed E-state index contributed by atoms with van der Waals surface area (Å²) in [6.07, 6.45) is 1.58. The van der Waals surface area contributed by atoms with Crippen LogP contribution in [0.1, 0.15) is 42.4 Å². The third-order valence-corrected chi connectivity index (χ3v) is 7.35. The fraction of sp³-hybridized carbons (Fsp3) is 0.464. The Morgan fingerprint density at radius 2 is 1.78 bits per heavy atom. The molecule has 2 aromatic rings. The lowest BCUT2D eigenvalue weighted by molar-refractivity contribution is -0.158. The number of carbonyl (C=O) groups is 3. The van der Waals surface area contributed by atoms with Gasteiger partial charge in [0, 0.05) is 19.5 Å². The molecule has 9 heteroatoms. The first-order valence-electron chi connectivity index (χ1n) is 12.5. The molecular formula is C28H34N2O7. The van der Waals surface area contributed by atoms with Crippen molar-refractivity contribution in [1.82, 2.24) is 9.80 Å². The Balaban J connectivity index is 1.55. The van der Waals surface area contributed by atoms with Crippen molar-refractivity contribution in [1.29, 1.82) is 0 Å². The van der Waals surface area contributed by atoms with Gasteiger partial charge in [0.1, 0.15) is 18.2 Å². The highest BCUT2D eigenvalue weighted by Crippen LogP contribution is 2.39. The lowest BCUT2D eigenvalue weighted by Gasteiger charge is -2.38. The van der Waals surface area contributed by atoms with Crippen molar-refractivity contribution in [3.63, 3.8) is 0 Å². The van der Waals surface area contributed by atoms with Gasteiger partial charge < -0.3 is 24.2 Å². The maximum Gasteiger partial charge on any atom is 0.410 e. The summed E-state index contributed by atoms with van der Waals surface area (Å²) >= 11 is 0. The lowest BCUT2D eigenvalue weighted by atomic mass is 9.87. The van der Waals surface area contributed by atoms with Gasteiger partial charge in [-0.1, -0.05) is 36.4 Å². The molecule has 2 aromatic carbocycles. The number of carboxylic acid groups (broad SMARTS) is 1. The Morgan fingerprint density at radius 1 is 1.03 bits per heavy atom. The second-order valence-electron chi connectivity index (χ2n) is 9.65. The molecule has 198 valence electrons. The number of carbonyl (C=O) groups excluding carboxylic acids is 2. The fourth-order valence-electron chi connectivity index (χ4n) is 5.57. The van der Waals surface area contributed by atoms with E-state index < -0.39 is 23.6 Å². The molecule has 2 atom stereocenters. The number of aryl methyl sites for hydroxylation is 1. The molecule has 0 aromatic heterocycles. The van der Waals surface area contributed by atoms with Gasteiger partial charge in [0.25, 0.3) is 0 Å². The monoisotopic (exact) mass is 510 g/mol. The van der Waals surface area contributed by atoms with Crippen LogP contribution < -0.4 is 9.47 Å². The summed E-state index contributed by atoms with van der Waals surface area (Å²) in [7, 11) is 3.09. The number of rotatable bonds is 8. The topological polar surface area (TPSA) is 106 Å². The van der Waals surface area contributed by atoms with E-state index in [9.17, 15) is 19.5 Å². The van der Waals surface area contributed by atoms with Gasteiger partial charge in [0.05, 0.1) is 14.2 Å². The number of aliphatic carboxylic acids is 1. The van der Waals surface area contributed by atoms with Crippen molar-refractivity contribution < 1.29 is 33.7 Å². The lowest BCUT2D eigenvalue weighted by Crippen LogP contribution is -2.59. The number of likely N-dealkylation sites (tertiary alicyclic amines) is 2. The third-order valence-electron chi connectivity index (χ3n) is 7.35. The van der Waals surface area contributed by atoms with Crippen LogP contribution in [0.15, 0.2) is 42.5 Å². The van der Waals surface area contributed by atoms with E-state index in [2.05, 4.69) is 0 Å². The van der Waals surface area contributed by atoms with E-state index in [4.69, 9.17) is 14.2 Å². The van der Waals surface area contributed by atoms with Crippen LogP contribution in [0.5, 0.6) is 11.5 Å². The highest BCUT2D eigenvalue weighted by Gasteiger charge is 2.52. The van der Waals surface area contributed by atoms with E-state index in [1.165, 1.54) is 16.9 Å². The van der Waals surface area contributed by atoms with Gasteiger partial charge >= 0.3 is 12.1 Å². The van der Waals surface area contributed by atoms with Gasteiger partial charge in [-0.2, -0.15) is 0 Å². The number of methoxy groups -OCH3 is 2. The molecule has 0 radical (unpaired) electrons. The van der Waals surface area contributed by atoms with Gasteiger partial charge in [0.2, 0.25) is 5.91 Å². The smallest absolute Gasteiger partial charge is 0.410 e. The summed E-state index contributed by atoms with van der Waals surface area (Å²) < 4.78 is 16.4. The highest BCUT2D eigenvalue weighted by molar-refractivity contribution is 5.92. The molecule has 2 aliphatic rings. The maximum atomic E-state index is 13.8. The van der Waals surface area contributed by atoms with Gasteiger partial charge in [-0.05, 0) is 55.4 Å². The highest BCUT2D eigenvalue weighted by atomic mass is 16.6. The average Bonchev–Trinajstić information content (AvgIpc) is 3.55. The minimum absolute atomic E-state index is 0.110. The van der Waals surface area contributed by atoms with E-state index in [0.29, 0.717) is 50.3 Å². The van der Waals surface area contributed by atoms with E-state index in [1.54, 1.807) is 13.2 Å². The zero-order valence-electron chi connectivity index (χ0n) is 21.6. The first-order valence-corrected chi connectivity index (χ1v) is 12.5. The largest absolute Gasteiger partial charge is 0.493 e. The molecule has 0 saturated carbocycles. The summed E-state index contributed by atoms with van der Waals surface area (Å²) in [5.74, 6) is -0.295. The van der Waals surface area contributed by atoms with Crippen LogP contribution in [0.25, 0.3) is 0 Å². The van der Waals surface area contributed by atoms with Crippen molar-refractivity contribution in [2.45, 2.75) is 57.2 Å². The Morgan fingerprint density at radius 3 is 2.46 bits per heavy atom. The summed E-state index contributed by atoms with van der Waals surface area (Å²) in [6, 6.07) is 12.2. The molecular weight excluding hydrogens is 476 g/mol. The minimum Gasteiger partial charge on any atom is -0.493 e. The normalized spacial score (nSPS) is 21.1. The van der Waals surface area contributed by atoms with E-state index in [1.807, 2.05) is 43.3 Å². The summed E-state index contributed by atoms with van der Waals surface area (Å²) in [6.45, 7) is 2.69. The standard InChI is InChI=1S/C28H34N2O7/c1-19-15-21(16-23(35-2)24(19)36-3)17-28(26(32)33)12-8-14-30(28)25(31)22-11-7-13-29(22)27(34)37-18-20-9-5-4-6-10-20/h4-6,9-10,15-16,22H,7-8,11-14,17-18H2,1-3H3,(H,32,33)/t22-,28?/m0/s1. The van der Waals surface area contributed by atoms with Crippen LogP contribution in [0.4, 0.5) is 4.79 Å². The maximum absolute atomic E-state index is 13.8. The molecule has 37 heavy (non-hydrogen) atoms. The quantitative estimate of drug-likeness (QED) is 0.576. The Hall–Kier alpha value is -3.75. The molecule has 1 unspecified atom stereocenters. The van der Waals surface area contributed by atoms with Crippen molar-refractivity contribution in [3.05, 3.63) is 59.2 Å². The molecule has 2 amide bonds. The second kappa shape index (κ2) is 11.1. The molecule has 2 aliphatic heterocycles. The molecule has 0 bridgehead atoms. The summed E-state index contributed by atoms with van der Waals surface area (Å²) in [4.78, 5) is 42.3. The number of amides is 2. The molecule has 2 heterocycles. The molecule has 1 N–H and O–H groups in total. The average molecular weight is 511 g/mol. The van der Waals surface area contributed by atoms with Crippen molar-refractivity contribution in [3.8, 4) is 11.5 Å². The Bertz CT molecular complexity index is 1150. The third kappa shape index (κ3) is 5.21. The van der Waals surface area contributed by atoms with Gasteiger partial charge in [-0.15, -0.1) is 0 Å². The second-order valence-corrected chi connectivity index (χ2v) is 9.65. The minimum atomic E-state index is -1.41. The van der Waals surface area contributed by atoms with Crippen molar-refractivity contribution in [2.24, 2.45) is 0 Å². The number of benzene rings is 2. The number of carboxylic acids is 1. The molecule has 0 aliphatic carbocycles. The first kappa shape index (κ1) is 26.3. The van der Waals surface area contributed by atoms with Crippen LogP contribution in [-0.4, -0.2) is 71.8 Å². The van der Waals surface area contributed by atoms with Gasteiger partial charge in [-0.3, -0.25) is 9.69 Å². The predicted octanol–water partition coefficient (Wildman–Crippen LogP) is 3.80. The number of hydrogen-bond donors (Lipinski definition) is 1. The number of hydrogen-bond acceptors (Lipinski definition) is 6. The molecule has 2 saturated heterocycles. The van der Waals surface area contributed by atoms with Crippen LogP contribution in [0.2, 0.25) is 0 Å². The van der Waals surface area contributed by atoms with Crippen molar-refractivity contribution in [2.75, 3.05) is 27.3 Å². The SMILES string of the molecule is COc1cc(CC2(C(=O)O)CCCN2C(=O)[C@@H]2CCCN2C(=O)OCc2ccccc2)cc(C)c1OC. The van der Waals surface area contributed by atoms with Crippen molar-refractivity contribution >= 4 is 18.0 Å². The zero-order valence-corrected chi connectivity index (χ0v) is 21.6. The van der Waals surface area contributed by atoms with Crippen LogP contribution in [0, 0.1) is 6.92 Å². The summed E-state index contributed by atoms with van der Waals surface area (Å²) in [5.41, 5.74) is 0.998. The Kier molecular flexibility index (Phi) is 7.90. The van der Waals surface area contributed by atoms with E-state index in [0.717, 1.165) is 16.7 Å². The van der Waals surface area contributed by atoms with E-state index in [-0.39, 0.29) is 18.9 Å². The number of nitrogens with zero attached hydrogens (tertiary/aromatic N) is 2. The molecule has 4 rings (SSSR count). The molecule has 9 nitrogen and oxygen atoms in total. The van der Waals surface area contributed by atoms with Crippen LogP contribution >= 0.6 is 0 Å². The first-order chi connectivity index (χ1) is 17.8. The van der Waals surface area contributed by atoms with Gasteiger partial charge in [0.15, 0.2) is 11.5 Å². The predicted molar refractivity (Wildman–Crippen MR) is 136 cm³/mol. The molecule has 0 spiro atoms. The number of ether oxygens (including phenoxy) is 3. The van der Waals surface area contributed by atoms with E-state index >= 15 is 0 Å². The van der Waals surface area contributed by atoms with Gasteiger partial charge in [-0.25, -0.2) is 9.59 Å². The Labute approximate surface area is 216 Å². The fourth-order valence-corrected chi connectivity index (χ4v) is 5.57. The summed E-state index contributed by atoms with van der Waals surface area (Å²) in [5, 5.41) is 10.4.